The molecule has 1 aliphatic heterocycles. The van der Waals surface area contributed by atoms with E-state index in [0.717, 1.165) is 11.5 Å². The number of fused-ring (bicyclic) bond motifs is 1. The van der Waals surface area contributed by atoms with Crippen LogP contribution < -0.4 is 14.8 Å². The SMILES string of the molecule is CN[C@H](C)[C@H]1COc2ccccc2O1. The highest BCUT2D eigenvalue weighted by Gasteiger charge is 2.24. The van der Waals surface area contributed by atoms with Crippen LogP contribution in [-0.4, -0.2) is 25.8 Å². The molecule has 0 amide bonds. The Morgan fingerprint density at radius 1 is 1.36 bits per heavy atom. The van der Waals surface area contributed by atoms with E-state index in [2.05, 4.69) is 12.2 Å². The number of hydrogen-bond donors (Lipinski definition) is 1. The summed E-state index contributed by atoms with van der Waals surface area (Å²) in [5.74, 6) is 1.68. The molecule has 0 aliphatic carbocycles. The highest BCUT2D eigenvalue weighted by Crippen LogP contribution is 2.31. The van der Waals surface area contributed by atoms with E-state index in [1.165, 1.54) is 0 Å². The molecule has 0 bridgehead atoms. The second-order valence-corrected chi connectivity index (χ2v) is 3.49. The van der Waals surface area contributed by atoms with Gasteiger partial charge in [0.2, 0.25) is 0 Å². The van der Waals surface area contributed by atoms with Crippen LogP contribution in [0.2, 0.25) is 0 Å². The molecule has 1 aromatic carbocycles. The number of benzene rings is 1. The molecule has 1 aliphatic rings. The van der Waals surface area contributed by atoms with E-state index < -0.39 is 0 Å². The third kappa shape index (κ3) is 1.68. The summed E-state index contributed by atoms with van der Waals surface area (Å²) in [7, 11) is 1.93. The van der Waals surface area contributed by atoms with Gasteiger partial charge in [-0.2, -0.15) is 0 Å². The minimum Gasteiger partial charge on any atom is -0.486 e. The number of hydrogen-bond acceptors (Lipinski definition) is 3. The zero-order chi connectivity index (χ0) is 9.97. The van der Waals surface area contributed by atoms with Crippen molar-refractivity contribution in [2.45, 2.75) is 19.1 Å². The highest BCUT2D eigenvalue weighted by molar-refractivity contribution is 5.40. The molecule has 0 saturated carbocycles. The maximum atomic E-state index is 5.80. The van der Waals surface area contributed by atoms with Gasteiger partial charge in [-0.3, -0.25) is 0 Å². The fraction of sp³-hybridized carbons (Fsp3) is 0.455. The molecular formula is C11H15NO2. The molecule has 0 spiro atoms. The maximum Gasteiger partial charge on any atom is 0.161 e. The van der Waals surface area contributed by atoms with Crippen LogP contribution in [0, 0.1) is 0 Å². The molecule has 0 saturated heterocycles. The Balaban J connectivity index is 2.13. The number of nitrogens with one attached hydrogen (secondary N) is 1. The topological polar surface area (TPSA) is 30.5 Å². The van der Waals surface area contributed by atoms with Crippen molar-refractivity contribution in [1.82, 2.24) is 5.32 Å². The van der Waals surface area contributed by atoms with Crippen molar-refractivity contribution in [3.8, 4) is 11.5 Å². The lowest BCUT2D eigenvalue weighted by Crippen LogP contribution is -2.44. The first kappa shape index (κ1) is 9.34. The normalized spacial score (nSPS) is 21.7. The summed E-state index contributed by atoms with van der Waals surface area (Å²) >= 11 is 0. The van der Waals surface area contributed by atoms with Gasteiger partial charge in [0, 0.05) is 6.04 Å². The summed E-state index contributed by atoms with van der Waals surface area (Å²) in [5.41, 5.74) is 0. The minimum atomic E-state index is 0.0925. The van der Waals surface area contributed by atoms with Gasteiger partial charge in [0.05, 0.1) is 0 Å². The van der Waals surface area contributed by atoms with Gasteiger partial charge in [-0.1, -0.05) is 12.1 Å². The van der Waals surface area contributed by atoms with Crippen LogP contribution in [0.15, 0.2) is 24.3 Å². The Morgan fingerprint density at radius 2 is 2.07 bits per heavy atom. The first-order chi connectivity index (χ1) is 6.81. The molecule has 0 aromatic heterocycles. The second kappa shape index (κ2) is 3.88. The van der Waals surface area contributed by atoms with E-state index in [1.807, 2.05) is 31.3 Å². The fourth-order valence-corrected chi connectivity index (χ4v) is 1.47. The van der Waals surface area contributed by atoms with Crippen LogP contribution in [0.3, 0.4) is 0 Å². The Kier molecular flexibility index (Phi) is 2.59. The quantitative estimate of drug-likeness (QED) is 0.770. The van der Waals surface area contributed by atoms with Crippen molar-refractivity contribution in [2.75, 3.05) is 13.7 Å². The molecule has 3 nitrogen and oxygen atoms in total. The third-order valence-electron chi connectivity index (χ3n) is 2.54. The average Bonchev–Trinajstić information content (AvgIpc) is 2.27. The van der Waals surface area contributed by atoms with Gasteiger partial charge in [0.25, 0.3) is 0 Å². The Labute approximate surface area is 84.0 Å². The van der Waals surface area contributed by atoms with Gasteiger partial charge in [0.1, 0.15) is 12.7 Å². The highest BCUT2D eigenvalue weighted by atomic mass is 16.6. The average molecular weight is 193 g/mol. The van der Waals surface area contributed by atoms with E-state index in [9.17, 15) is 0 Å². The predicted octanol–water partition coefficient (Wildman–Crippen LogP) is 1.43. The summed E-state index contributed by atoms with van der Waals surface area (Å²) in [5, 5.41) is 3.16. The molecule has 14 heavy (non-hydrogen) atoms. The largest absolute Gasteiger partial charge is 0.486 e. The van der Waals surface area contributed by atoms with Gasteiger partial charge in [-0.25, -0.2) is 0 Å². The van der Waals surface area contributed by atoms with Crippen molar-refractivity contribution < 1.29 is 9.47 Å². The van der Waals surface area contributed by atoms with E-state index in [0.29, 0.717) is 12.6 Å². The van der Waals surface area contributed by atoms with Gasteiger partial charge in [-0.15, -0.1) is 0 Å². The van der Waals surface area contributed by atoms with Crippen molar-refractivity contribution >= 4 is 0 Å². The molecule has 1 N–H and O–H groups in total. The summed E-state index contributed by atoms with van der Waals surface area (Å²) in [4.78, 5) is 0. The Bertz CT molecular complexity index is 314. The Morgan fingerprint density at radius 3 is 2.79 bits per heavy atom. The van der Waals surface area contributed by atoms with Gasteiger partial charge >= 0.3 is 0 Å². The van der Waals surface area contributed by atoms with Crippen molar-refractivity contribution in [1.29, 1.82) is 0 Å². The lowest BCUT2D eigenvalue weighted by molar-refractivity contribution is 0.0688. The molecule has 0 radical (unpaired) electrons. The zero-order valence-electron chi connectivity index (χ0n) is 8.49. The molecule has 1 aromatic rings. The first-order valence-corrected chi connectivity index (χ1v) is 4.87. The van der Waals surface area contributed by atoms with E-state index in [1.54, 1.807) is 0 Å². The predicted molar refractivity (Wildman–Crippen MR) is 54.9 cm³/mol. The molecule has 2 rings (SSSR count). The number of para-hydroxylation sites is 2. The lowest BCUT2D eigenvalue weighted by Gasteiger charge is -2.30. The molecular weight excluding hydrogens is 178 g/mol. The molecule has 76 valence electrons. The summed E-state index contributed by atoms with van der Waals surface area (Å²) in [6.45, 7) is 2.70. The van der Waals surface area contributed by atoms with Crippen LogP contribution in [-0.2, 0) is 0 Å². The smallest absolute Gasteiger partial charge is 0.161 e. The van der Waals surface area contributed by atoms with E-state index in [4.69, 9.17) is 9.47 Å². The number of likely N-dealkylation sites (N-methyl/N-ethyl adjacent to an activating group) is 1. The van der Waals surface area contributed by atoms with Crippen molar-refractivity contribution in [3.63, 3.8) is 0 Å². The van der Waals surface area contributed by atoms with Gasteiger partial charge in [-0.05, 0) is 26.1 Å². The molecule has 2 atom stereocenters. The van der Waals surface area contributed by atoms with Crippen molar-refractivity contribution in [3.05, 3.63) is 24.3 Å². The van der Waals surface area contributed by atoms with Crippen LogP contribution in [0.5, 0.6) is 11.5 Å². The van der Waals surface area contributed by atoms with Crippen LogP contribution in [0.4, 0.5) is 0 Å². The molecule has 0 fully saturated rings. The van der Waals surface area contributed by atoms with Gasteiger partial charge in [0.15, 0.2) is 11.5 Å². The third-order valence-corrected chi connectivity index (χ3v) is 2.54. The molecule has 1 heterocycles. The summed E-state index contributed by atoms with van der Waals surface area (Å²) in [6.07, 6.45) is 0.0925. The number of ether oxygens (including phenoxy) is 2. The monoisotopic (exact) mass is 193 g/mol. The summed E-state index contributed by atoms with van der Waals surface area (Å²) < 4.78 is 11.4. The maximum absolute atomic E-state index is 5.80. The minimum absolute atomic E-state index is 0.0925. The second-order valence-electron chi connectivity index (χ2n) is 3.49. The first-order valence-electron chi connectivity index (χ1n) is 4.87. The van der Waals surface area contributed by atoms with Crippen LogP contribution in [0.1, 0.15) is 6.92 Å². The van der Waals surface area contributed by atoms with Crippen molar-refractivity contribution in [2.24, 2.45) is 0 Å². The van der Waals surface area contributed by atoms with Gasteiger partial charge < -0.3 is 14.8 Å². The summed E-state index contributed by atoms with van der Waals surface area (Å²) in [6, 6.07) is 8.06. The molecule has 0 unspecified atom stereocenters. The van der Waals surface area contributed by atoms with Crippen LogP contribution >= 0.6 is 0 Å². The fourth-order valence-electron chi connectivity index (χ4n) is 1.47. The van der Waals surface area contributed by atoms with E-state index >= 15 is 0 Å². The Hall–Kier alpha value is -1.22. The molecule has 3 heteroatoms. The standard InChI is InChI=1S/C11H15NO2/c1-8(12-2)11-7-13-9-5-3-4-6-10(9)14-11/h3-6,8,11-12H,7H2,1-2H3/t8-,11-/m1/s1. The van der Waals surface area contributed by atoms with Crippen LogP contribution in [0.25, 0.3) is 0 Å². The number of rotatable bonds is 2. The van der Waals surface area contributed by atoms with E-state index in [-0.39, 0.29) is 6.10 Å². The zero-order valence-corrected chi connectivity index (χ0v) is 8.49. The lowest BCUT2D eigenvalue weighted by atomic mass is 10.2.